The van der Waals surface area contributed by atoms with Crippen LogP contribution in [-0.4, -0.2) is 66.4 Å². The van der Waals surface area contributed by atoms with Crippen LogP contribution >= 0.6 is 0 Å². The number of hydrogen-bond donors (Lipinski definition) is 0. The molecule has 0 aromatic rings. The SMILES string of the molecule is CCOC1=N[C@@](CO[Si](C)(C)C(C)(C)C)([C@@H](O[Si](C)(C)C(C)(C)C)C(C)C)C(OCC)=NC1. The van der Waals surface area contributed by atoms with E-state index in [1.165, 1.54) is 0 Å². The van der Waals surface area contributed by atoms with E-state index in [2.05, 4.69) is 81.6 Å². The third kappa shape index (κ3) is 7.15. The highest BCUT2D eigenvalue weighted by molar-refractivity contribution is 6.74. The molecule has 0 aromatic heterocycles. The van der Waals surface area contributed by atoms with Gasteiger partial charge in [0.2, 0.25) is 11.8 Å². The van der Waals surface area contributed by atoms with Crippen molar-refractivity contribution >= 4 is 28.4 Å². The third-order valence-electron chi connectivity index (χ3n) is 7.41. The summed E-state index contributed by atoms with van der Waals surface area (Å²) < 4.78 is 26.0. The van der Waals surface area contributed by atoms with Crippen molar-refractivity contribution in [3.05, 3.63) is 0 Å². The van der Waals surface area contributed by atoms with Crippen molar-refractivity contribution in [3.63, 3.8) is 0 Å². The second kappa shape index (κ2) is 10.9. The van der Waals surface area contributed by atoms with Crippen LogP contribution in [-0.2, 0) is 18.3 Å². The Morgan fingerprint density at radius 3 is 1.82 bits per heavy atom. The molecule has 0 unspecified atom stereocenters. The Balaban J connectivity index is 3.69. The predicted molar refractivity (Wildman–Crippen MR) is 146 cm³/mol. The number of ether oxygens (including phenoxy) is 2. The second-order valence-corrected chi connectivity index (χ2v) is 22.1. The largest absolute Gasteiger partial charge is 0.480 e. The van der Waals surface area contributed by atoms with Gasteiger partial charge in [0.25, 0.3) is 0 Å². The molecule has 0 saturated carbocycles. The van der Waals surface area contributed by atoms with Gasteiger partial charge in [0.05, 0.1) is 25.9 Å². The van der Waals surface area contributed by atoms with E-state index in [0.29, 0.717) is 38.2 Å². The molecule has 0 N–H and O–H groups in total. The van der Waals surface area contributed by atoms with Crippen LogP contribution in [0.3, 0.4) is 0 Å². The average molecular weight is 501 g/mol. The normalized spacial score (nSPS) is 21.5. The summed E-state index contributed by atoms with van der Waals surface area (Å²) in [6, 6.07) is 0. The van der Waals surface area contributed by atoms with Crippen molar-refractivity contribution in [1.82, 2.24) is 0 Å². The lowest BCUT2D eigenvalue weighted by molar-refractivity contribution is 0.0433. The summed E-state index contributed by atoms with van der Waals surface area (Å²) in [6.07, 6.45) is -0.246. The number of hydrogen-bond acceptors (Lipinski definition) is 6. The van der Waals surface area contributed by atoms with Gasteiger partial charge < -0.3 is 18.3 Å². The molecule has 6 nitrogen and oxygen atoms in total. The molecule has 0 radical (unpaired) electrons. The zero-order chi connectivity index (χ0) is 25.9. The molecular weight excluding hydrogens is 448 g/mol. The van der Waals surface area contributed by atoms with E-state index >= 15 is 0 Å². The first kappa shape index (κ1) is 30.3. The van der Waals surface area contributed by atoms with E-state index in [1.807, 2.05) is 13.8 Å². The number of nitrogens with zero attached hydrogens (tertiary/aromatic N) is 2. The molecule has 33 heavy (non-hydrogen) atoms. The summed E-state index contributed by atoms with van der Waals surface area (Å²) in [4.78, 5) is 10.0. The number of rotatable bonds is 9. The highest BCUT2D eigenvalue weighted by atomic mass is 28.4. The zero-order valence-electron chi connectivity index (χ0n) is 24.0. The first-order chi connectivity index (χ1) is 14.8. The minimum atomic E-state index is -2.13. The summed E-state index contributed by atoms with van der Waals surface area (Å²) >= 11 is 0. The molecule has 1 aliphatic rings. The lowest BCUT2D eigenvalue weighted by atomic mass is 9.85. The van der Waals surface area contributed by atoms with Crippen LogP contribution in [0.25, 0.3) is 0 Å². The predicted octanol–water partition coefficient (Wildman–Crippen LogP) is 6.68. The van der Waals surface area contributed by atoms with Crippen LogP contribution in [0.5, 0.6) is 0 Å². The molecule has 194 valence electrons. The fourth-order valence-corrected chi connectivity index (χ4v) is 5.75. The second-order valence-electron chi connectivity index (χ2n) is 12.5. The quantitative estimate of drug-likeness (QED) is 0.331. The van der Waals surface area contributed by atoms with Gasteiger partial charge in [0.1, 0.15) is 6.54 Å². The maximum Gasteiger partial charge on any atom is 0.217 e. The van der Waals surface area contributed by atoms with Crippen LogP contribution in [0.1, 0.15) is 69.2 Å². The molecule has 2 atom stereocenters. The molecule has 8 heteroatoms. The molecular formula is C25H52N2O4Si2. The molecule has 0 bridgehead atoms. The van der Waals surface area contributed by atoms with Crippen LogP contribution < -0.4 is 0 Å². The Morgan fingerprint density at radius 2 is 1.39 bits per heavy atom. The van der Waals surface area contributed by atoms with Crippen LogP contribution in [0.4, 0.5) is 0 Å². The van der Waals surface area contributed by atoms with Crippen molar-refractivity contribution in [1.29, 1.82) is 0 Å². The molecule has 1 heterocycles. The maximum absolute atomic E-state index is 7.11. The average Bonchev–Trinajstić information content (AvgIpc) is 2.64. The summed E-state index contributed by atoms with van der Waals surface area (Å²) in [6.45, 7) is 32.9. The Hall–Kier alpha value is -0.706. The molecule has 0 aromatic carbocycles. The standard InChI is InChI=1S/C25H52N2O4Si2/c1-15-28-20-17-26-22(29-16-2)25(27-20,18-30-32(11,12)23(5,6)7)21(19(3)4)31-33(13,14)24(8,9)10/h19,21H,15-18H2,1-14H3/t21-,25-/m0/s1. The summed E-state index contributed by atoms with van der Waals surface area (Å²) in [5.41, 5.74) is -0.877. The van der Waals surface area contributed by atoms with Crippen molar-refractivity contribution in [2.45, 2.75) is 117 Å². The molecule has 0 aliphatic carbocycles. The van der Waals surface area contributed by atoms with E-state index < -0.39 is 22.2 Å². The van der Waals surface area contributed by atoms with Crippen molar-refractivity contribution in [2.24, 2.45) is 15.9 Å². The molecule has 0 amide bonds. The van der Waals surface area contributed by atoms with Crippen LogP contribution in [0.2, 0.25) is 36.3 Å². The van der Waals surface area contributed by atoms with Gasteiger partial charge in [0.15, 0.2) is 22.2 Å². The highest BCUT2D eigenvalue weighted by Crippen LogP contribution is 2.43. The summed E-state index contributed by atoms with van der Waals surface area (Å²) in [5.74, 6) is 1.42. The van der Waals surface area contributed by atoms with Gasteiger partial charge in [-0.15, -0.1) is 0 Å². The molecule has 1 aliphatic heterocycles. The van der Waals surface area contributed by atoms with Gasteiger partial charge in [-0.3, -0.25) is 0 Å². The van der Waals surface area contributed by atoms with E-state index in [1.54, 1.807) is 0 Å². The molecule has 1 rings (SSSR count). The highest BCUT2D eigenvalue weighted by Gasteiger charge is 2.54. The monoisotopic (exact) mass is 500 g/mol. The summed E-state index contributed by atoms with van der Waals surface area (Å²) in [5, 5.41) is 0.136. The fourth-order valence-electron chi connectivity index (χ4n) is 3.28. The summed E-state index contributed by atoms with van der Waals surface area (Å²) in [7, 11) is -4.20. The Labute approximate surface area is 206 Å². The van der Waals surface area contributed by atoms with Gasteiger partial charge in [-0.1, -0.05) is 55.4 Å². The van der Waals surface area contributed by atoms with E-state index in [9.17, 15) is 0 Å². The van der Waals surface area contributed by atoms with Crippen molar-refractivity contribution in [2.75, 3.05) is 26.4 Å². The van der Waals surface area contributed by atoms with Crippen molar-refractivity contribution in [3.8, 4) is 0 Å². The third-order valence-corrected chi connectivity index (χ3v) is 16.3. The van der Waals surface area contributed by atoms with E-state index in [4.69, 9.17) is 28.3 Å². The van der Waals surface area contributed by atoms with E-state index in [0.717, 1.165) is 0 Å². The zero-order valence-corrected chi connectivity index (χ0v) is 26.0. The smallest absolute Gasteiger partial charge is 0.217 e. The van der Waals surface area contributed by atoms with Gasteiger partial charge in [0, 0.05) is 0 Å². The lowest BCUT2D eigenvalue weighted by Gasteiger charge is -2.48. The van der Waals surface area contributed by atoms with E-state index in [-0.39, 0.29) is 22.1 Å². The van der Waals surface area contributed by atoms with Crippen molar-refractivity contribution < 1.29 is 18.3 Å². The first-order valence-electron chi connectivity index (χ1n) is 12.6. The Bertz CT molecular complexity index is 706. The topological polar surface area (TPSA) is 61.6 Å². The maximum atomic E-state index is 7.11. The minimum Gasteiger partial charge on any atom is -0.480 e. The molecule has 0 saturated heterocycles. The molecule has 0 fully saturated rings. The first-order valence-corrected chi connectivity index (χ1v) is 18.4. The Kier molecular flexibility index (Phi) is 10.0. The van der Waals surface area contributed by atoms with Gasteiger partial charge in [-0.25, -0.2) is 9.98 Å². The van der Waals surface area contributed by atoms with Crippen LogP contribution in [0.15, 0.2) is 9.98 Å². The lowest BCUT2D eigenvalue weighted by Crippen LogP contribution is -2.62. The van der Waals surface area contributed by atoms with Gasteiger partial charge in [-0.2, -0.15) is 0 Å². The molecule has 0 spiro atoms. The van der Waals surface area contributed by atoms with Crippen LogP contribution in [0, 0.1) is 5.92 Å². The number of aliphatic imine (C=N–C) groups is 2. The van der Waals surface area contributed by atoms with Gasteiger partial charge in [-0.05, 0) is 56.0 Å². The van der Waals surface area contributed by atoms with Gasteiger partial charge >= 0.3 is 0 Å². The Morgan fingerprint density at radius 1 is 0.879 bits per heavy atom. The minimum absolute atomic E-state index is 0.0612. The fraction of sp³-hybridized carbons (Fsp3) is 0.920.